The number of carboxylic acid groups (broad SMARTS) is 1. The molecule has 6 nitrogen and oxygen atoms in total. The average Bonchev–Trinajstić information content (AvgIpc) is 2.99. The molecule has 0 radical (unpaired) electrons. The zero-order valence-corrected chi connectivity index (χ0v) is 11.5. The van der Waals surface area contributed by atoms with Gasteiger partial charge in [0.05, 0.1) is 5.69 Å². The largest absolute Gasteiger partial charge is 0.477 e. The summed E-state index contributed by atoms with van der Waals surface area (Å²) in [7, 11) is 0. The molecule has 0 aliphatic heterocycles. The fourth-order valence-electron chi connectivity index (χ4n) is 2.32. The standard InChI is InChI=1S/C14H19N3O3/c1-9-8-11(12(16-9)13(18)19)17-14(20)15-7-6-10-4-2-3-5-10/h4,8,16H,2-3,5-7H2,1H3,(H,18,19)(H2,15,17,20). The Balaban J connectivity index is 1.83. The van der Waals surface area contributed by atoms with Crippen LogP contribution in [-0.4, -0.2) is 28.6 Å². The lowest BCUT2D eigenvalue weighted by Gasteiger charge is -2.07. The van der Waals surface area contributed by atoms with Crippen LogP contribution in [0, 0.1) is 6.92 Å². The number of aromatic nitrogens is 1. The maximum absolute atomic E-state index is 11.7. The number of carbonyl (C=O) groups excluding carboxylic acids is 1. The number of rotatable bonds is 5. The third-order valence-electron chi connectivity index (χ3n) is 3.28. The highest BCUT2D eigenvalue weighted by Crippen LogP contribution is 2.20. The summed E-state index contributed by atoms with van der Waals surface area (Å²) in [5.41, 5.74) is 2.35. The number of allylic oxidation sites excluding steroid dienone is 1. The van der Waals surface area contributed by atoms with Gasteiger partial charge in [-0.2, -0.15) is 0 Å². The first-order valence-electron chi connectivity index (χ1n) is 6.72. The van der Waals surface area contributed by atoms with Gasteiger partial charge >= 0.3 is 12.0 Å². The smallest absolute Gasteiger partial charge is 0.354 e. The highest BCUT2D eigenvalue weighted by molar-refractivity contribution is 5.99. The van der Waals surface area contributed by atoms with Gasteiger partial charge in [-0.3, -0.25) is 0 Å². The minimum Gasteiger partial charge on any atom is -0.477 e. The Hall–Kier alpha value is -2.24. The second-order valence-corrected chi connectivity index (χ2v) is 4.93. The number of amides is 2. The molecule has 4 N–H and O–H groups in total. The molecule has 0 saturated carbocycles. The Morgan fingerprint density at radius 2 is 2.25 bits per heavy atom. The number of carbonyl (C=O) groups is 2. The number of urea groups is 1. The summed E-state index contributed by atoms with van der Waals surface area (Å²) in [6.45, 7) is 2.30. The average molecular weight is 277 g/mol. The molecule has 0 unspecified atom stereocenters. The summed E-state index contributed by atoms with van der Waals surface area (Å²) in [6, 6.07) is 1.22. The van der Waals surface area contributed by atoms with E-state index in [9.17, 15) is 9.59 Å². The number of hydrogen-bond acceptors (Lipinski definition) is 2. The number of aromatic carboxylic acids is 1. The molecule has 0 spiro atoms. The Bertz CT molecular complexity index is 546. The van der Waals surface area contributed by atoms with E-state index >= 15 is 0 Å². The number of carboxylic acids is 1. The zero-order chi connectivity index (χ0) is 14.5. The second kappa shape index (κ2) is 6.27. The molecule has 0 fully saturated rings. The van der Waals surface area contributed by atoms with Gasteiger partial charge in [-0.1, -0.05) is 11.6 Å². The van der Waals surface area contributed by atoms with Gasteiger partial charge < -0.3 is 20.7 Å². The first kappa shape index (κ1) is 14.2. The van der Waals surface area contributed by atoms with Gasteiger partial charge in [0, 0.05) is 12.2 Å². The van der Waals surface area contributed by atoms with Crippen LogP contribution in [-0.2, 0) is 0 Å². The number of H-pyrrole nitrogens is 1. The van der Waals surface area contributed by atoms with Crippen LogP contribution in [0.3, 0.4) is 0 Å². The van der Waals surface area contributed by atoms with Crippen molar-refractivity contribution in [2.45, 2.75) is 32.6 Å². The third kappa shape index (κ3) is 3.63. The van der Waals surface area contributed by atoms with Crippen LogP contribution in [0.15, 0.2) is 17.7 Å². The second-order valence-electron chi connectivity index (χ2n) is 4.93. The molecule has 2 rings (SSSR count). The van der Waals surface area contributed by atoms with Crippen LogP contribution < -0.4 is 10.6 Å². The molecule has 0 bridgehead atoms. The zero-order valence-electron chi connectivity index (χ0n) is 11.5. The normalized spacial score (nSPS) is 13.9. The number of nitrogens with one attached hydrogen (secondary N) is 3. The van der Waals surface area contributed by atoms with Crippen molar-refractivity contribution in [3.05, 3.63) is 29.1 Å². The van der Waals surface area contributed by atoms with Crippen molar-refractivity contribution in [1.29, 1.82) is 0 Å². The van der Waals surface area contributed by atoms with E-state index in [0.717, 1.165) is 19.3 Å². The van der Waals surface area contributed by atoms with Crippen LogP contribution in [0.2, 0.25) is 0 Å². The van der Waals surface area contributed by atoms with Gasteiger partial charge in [0.25, 0.3) is 0 Å². The topological polar surface area (TPSA) is 94.2 Å². The van der Waals surface area contributed by atoms with Crippen molar-refractivity contribution in [1.82, 2.24) is 10.3 Å². The first-order valence-corrected chi connectivity index (χ1v) is 6.72. The van der Waals surface area contributed by atoms with E-state index < -0.39 is 5.97 Å². The van der Waals surface area contributed by atoms with E-state index in [4.69, 9.17) is 5.11 Å². The fourth-order valence-corrected chi connectivity index (χ4v) is 2.32. The van der Waals surface area contributed by atoms with Crippen molar-refractivity contribution in [3.63, 3.8) is 0 Å². The molecule has 1 aliphatic carbocycles. The van der Waals surface area contributed by atoms with Gasteiger partial charge in [0.15, 0.2) is 0 Å². The number of aromatic amines is 1. The van der Waals surface area contributed by atoms with Crippen molar-refractivity contribution in [3.8, 4) is 0 Å². The van der Waals surface area contributed by atoms with Crippen molar-refractivity contribution in [2.24, 2.45) is 0 Å². The SMILES string of the molecule is Cc1cc(NC(=O)NCCC2=CCCC2)c(C(=O)O)[nH]1. The summed E-state index contributed by atoms with van der Waals surface area (Å²) in [6.07, 6.45) is 6.52. The van der Waals surface area contributed by atoms with Crippen LogP contribution >= 0.6 is 0 Å². The van der Waals surface area contributed by atoms with Gasteiger partial charge in [-0.05, 0) is 38.7 Å². The van der Waals surface area contributed by atoms with E-state index in [0.29, 0.717) is 12.2 Å². The number of anilines is 1. The van der Waals surface area contributed by atoms with Crippen LogP contribution in [0.4, 0.5) is 10.5 Å². The molecule has 6 heteroatoms. The van der Waals surface area contributed by atoms with E-state index in [1.807, 2.05) is 0 Å². The van der Waals surface area contributed by atoms with E-state index in [1.165, 1.54) is 12.0 Å². The fraction of sp³-hybridized carbons (Fsp3) is 0.429. The molecule has 0 saturated heterocycles. The Morgan fingerprint density at radius 3 is 2.90 bits per heavy atom. The van der Waals surface area contributed by atoms with E-state index in [2.05, 4.69) is 21.7 Å². The van der Waals surface area contributed by atoms with Gasteiger partial charge in [-0.25, -0.2) is 9.59 Å². The van der Waals surface area contributed by atoms with Crippen molar-refractivity contribution >= 4 is 17.7 Å². The molecule has 2 amide bonds. The van der Waals surface area contributed by atoms with Crippen LogP contribution in [0.1, 0.15) is 41.9 Å². The quantitative estimate of drug-likeness (QED) is 0.623. The monoisotopic (exact) mass is 277 g/mol. The minimum absolute atomic E-state index is 0.00356. The molecule has 108 valence electrons. The van der Waals surface area contributed by atoms with Gasteiger partial charge in [-0.15, -0.1) is 0 Å². The minimum atomic E-state index is -1.09. The number of hydrogen-bond donors (Lipinski definition) is 4. The molecule has 1 heterocycles. The van der Waals surface area contributed by atoms with Gasteiger partial charge in [0.2, 0.25) is 0 Å². The van der Waals surface area contributed by atoms with E-state index in [-0.39, 0.29) is 17.4 Å². The lowest BCUT2D eigenvalue weighted by atomic mass is 10.2. The Kier molecular flexibility index (Phi) is 4.45. The maximum Gasteiger partial charge on any atom is 0.354 e. The lowest BCUT2D eigenvalue weighted by molar-refractivity contribution is 0.0692. The molecule has 0 aromatic carbocycles. The molecule has 20 heavy (non-hydrogen) atoms. The molecule has 0 atom stereocenters. The Labute approximate surface area is 117 Å². The maximum atomic E-state index is 11.7. The van der Waals surface area contributed by atoms with Crippen LogP contribution in [0.5, 0.6) is 0 Å². The summed E-state index contributed by atoms with van der Waals surface area (Å²) in [5, 5.41) is 14.3. The van der Waals surface area contributed by atoms with Gasteiger partial charge in [0.1, 0.15) is 5.69 Å². The summed E-state index contributed by atoms with van der Waals surface area (Å²) in [4.78, 5) is 25.4. The predicted octanol–water partition coefficient (Wildman–Crippen LogP) is 2.64. The summed E-state index contributed by atoms with van der Waals surface area (Å²) < 4.78 is 0. The summed E-state index contributed by atoms with van der Waals surface area (Å²) in [5.74, 6) is -1.09. The highest BCUT2D eigenvalue weighted by Gasteiger charge is 2.15. The molecule has 1 aromatic rings. The Morgan fingerprint density at radius 1 is 1.45 bits per heavy atom. The lowest BCUT2D eigenvalue weighted by Crippen LogP contribution is -2.30. The molecular formula is C14H19N3O3. The van der Waals surface area contributed by atoms with Crippen molar-refractivity contribution < 1.29 is 14.7 Å². The highest BCUT2D eigenvalue weighted by atomic mass is 16.4. The van der Waals surface area contributed by atoms with Crippen LogP contribution in [0.25, 0.3) is 0 Å². The third-order valence-corrected chi connectivity index (χ3v) is 3.28. The first-order chi connectivity index (χ1) is 9.56. The van der Waals surface area contributed by atoms with E-state index in [1.54, 1.807) is 13.0 Å². The summed E-state index contributed by atoms with van der Waals surface area (Å²) >= 11 is 0. The predicted molar refractivity (Wildman–Crippen MR) is 76.1 cm³/mol. The molecule has 1 aliphatic rings. The van der Waals surface area contributed by atoms with Crippen molar-refractivity contribution in [2.75, 3.05) is 11.9 Å². The molecule has 1 aromatic heterocycles. The number of aryl methyl sites for hydroxylation is 1. The molecular weight excluding hydrogens is 258 g/mol.